The maximum atomic E-state index is 13.9. The van der Waals surface area contributed by atoms with Crippen molar-refractivity contribution in [1.82, 2.24) is 20.1 Å². The molecule has 8 nitrogen and oxygen atoms in total. The molecule has 0 saturated carbocycles. The van der Waals surface area contributed by atoms with Crippen molar-refractivity contribution in [3.63, 3.8) is 0 Å². The van der Waals surface area contributed by atoms with Gasteiger partial charge in [0.1, 0.15) is 11.9 Å². The van der Waals surface area contributed by atoms with Gasteiger partial charge < -0.3 is 25.4 Å². The number of H-pyrrole nitrogens is 1. The summed E-state index contributed by atoms with van der Waals surface area (Å²) in [5.41, 5.74) is 4.41. The first-order valence-corrected chi connectivity index (χ1v) is 15.6. The van der Waals surface area contributed by atoms with Crippen LogP contribution in [0.4, 0.5) is 28.0 Å². The number of hydrogen-bond acceptors (Lipinski definition) is 3. The quantitative estimate of drug-likeness (QED) is 0.210. The second-order valence-corrected chi connectivity index (χ2v) is 12.3. The van der Waals surface area contributed by atoms with Crippen LogP contribution in [0, 0.1) is 5.82 Å². The fourth-order valence-corrected chi connectivity index (χ4v) is 6.65. The van der Waals surface area contributed by atoms with Crippen LogP contribution in [0.1, 0.15) is 53.9 Å². The van der Waals surface area contributed by atoms with Crippen molar-refractivity contribution in [2.24, 2.45) is 0 Å². The molecular formula is C35H35F4N5O3. The van der Waals surface area contributed by atoms with Crippen LogP contribution in [-0.4, -0.2) is 64.5 Å². The Balaban J connectivity index is 1.20. The van der Waals surface area contributed by atoms with E-state index in [0.717, 1.165) is 32.5 Å². The number of urea groups is 1. The summed E-state index contributed by atoms with van der Waals surface area (Å²) in [6.45, 7) is 2.50. The van der Waals surface area contributed by atoms with Crippen LogP contribution in [0.15, 0.2) is 72.9 Å². The number of benzene rings is 3. The lowest BCUT2D eigenvalue weighted by Gasteiger charge is -2.34. The number of nitrogens with zero attached hydrogens (tertiary/aromatic N) is 2. The normalized spacial score (nSPS) is 16.8. The highest BCUT2D eigenvalue weighted by Gasteiger charge is 2.43. The second kappa shape index (κ2) is 13.1. The Morgan fingerprint density at radius 3 is 2.36 bits per heavy atom. The molecule has 0 spiro atoms. The number of piperidine rings is 1. The molecule has 4 aromatic rings. The fraction of sp³-hybridized carbons (Fsp3) is 0.343. The summed E-state index contributed by atoms with van der Waals surface area (Å²) in [5, 5.41) is 6.73. The van der Waals surface area contributed by atoms with Crippen molar-refractivity contribution in [3.8, 4) is 0 Å². The third-order valence-corrected chi connectivity index (χ3v) is 9.31. The Morgan fingerprint density at radius 1 is 0.915 bits per heavy atom. The van der Waals surface area contributed by atoms with Crippen LogP contribution in [0.25, 0.3) is 10.9 Å². The number of aromatic amines is 1. The predicted molar refractivity (Wildman–Crippen MR) is 169 cm³/mol. The van der Waals surface area contributed by atoms with Gasteiger partial charge in [-0.15, -0.1) is 0 Å². The van der Waals surface area contributed by atoms with Gasteiger partial charge in [0, 0.05) is 54.9 Å². The van der Waals surface area contributed by atoms with Gasteiger partial charge in [-0.05, 0) is 77.8 Å². The fourth-order valence-electron chi connectivity index (χ4n) is 6.65. The highest BCUT2D eigenvalue weighted by molar-refractivity contribution is 5.98. The van der Waals surface area contributed by atoms with E-state index in [-0.39, 0.29) is 37.3 Å². The van der Waals surface area contributed by atoms with E-state index in [1.54, 1.807) is 35.2 Å². The molecule has 1 aromatic heterocycles. The highest BCUT2D eigenvalue weighted by Crippen LogP contribution is 2.31. The summed E-state index contributed by atoms with van der Waals surface area (Å²) in [7, 11) is 0. The summed E-state index contributed by atoms with van der Waals surface area (Å²) in [6.07, 6.45) is -1.50. The van der Waals surface area contributed by atoms with Gasteiger partial charge in [0.2, 0.25) is 5.91 Å². The number of aromatic nitrogens is 1. The molecule has 1 saturated heterocycles. The third-order valence-electron chi connectivity index (χ3n) is 9.31. The SMILES string of the molecule is C[C@@H](c1c[nH]c2ccccc12)[C@@H](NC(=O)N1CCC(c2ccc(F)cc2)CC1)C(=O)Nc1ccc2c(c1)CN(C(=O)C(F)(F)F)CC2. The Kier molecular flexibility index (Phi) is 8.94. The topological polar surface area (TPSA) is 97.5 Å². The maximum Gasteiger partial charge on any atom is 0.471 e. The number of amides is 4. The van der Waals surface area contributed by atoms with E-state index in [1.165, 1.54) is 12.1 Å². The lowest BCUT2D eigenvalue weighted by molar-refractivity contribution is -0.186. The van der Waals surface area contributed by atoms with Crippen LogP contribution < -0.4 is 10.6 Å². The lowest BCUT2D eigenvalue weighted by atomic mass is 9.89. The number of carbonyl (C=O) groups is 3. The van der Waals surface area contributed by atoms with E-state index in [0.29, 0.717) is 37.2 Å². The first-order chi connectivity index (χ1) is 22.5. The molecule has 0 aliphatic carbocycles. The van der Waals surface area contributed by atoms with Crippen molar-refractivity contribution in [2.75, 3.05) is 25.0 Å². The number of halogens is 4. The molecule has 246 valence electrons. The summed E-state index contributed by atoms with van der Waals surface area (Å²) in [5.74, 6) is -2.96. The maximum absolute atomic E-state index is 13.9. The standard InChI is InChI=1S/C35H35F4N5O3/c1-21(29-19-40-30-5-3-2-4-28(29)30)31(42-34(47)43-15-12-24(13-16-43)22-6-9-26(36)10-7-22)32(45)41-27-11-8-23-14-17-44(20-25(23)18-27)33(46)35(37,38)39/h2-11,18-19,21,24,31,40H,12-17,20H2,1H3,(H,41,45)(H,42,47)/t21-,31+/m0/s1. The predicted octanol–water partition coefficient (Wildman–Crippen LogP) is 6.45. The van der Waals surface area contributed by atoms with E-state index < -0.39 is 30.0 Å². The molecule has 4 amide bonds. The molecule has 3 N–H and O–H groups in total. The Hall–Kier alpha value is -4.87. The van der Waals surface area contributed by atoms with Crippen molar-refractivity contribution in [2.45, 2.75) is 56.8 Å². The van der Waals surface area contributed by atoms with Crippen molar-refractivity contribution < 1.29 is 31.9 Å². The Morgan fingerprint density at radius 2 is 1.64 bits per heavy atom. The zero-order valence-corrected chi connectivity index (χ0v) is 25.7. The molecular weight excluding hydrogens is 614 g/mol. The molecule has 2 atom stereocenters. The molecule has 12 heteroatoms. The molecule has 3 aromatic carbocycles. The largest absolute Gasteiger partial charge is 0.471 e. The van der Waals surface area contributed by atoms with Crippen LogP contribution in [0.5, 0.6) is 0 Å². The molecule has 0 unspecified atom stereocenters. The minimum atomic E-state index is -4.97. The lowest BCUT2D eigenvalue weighted by Crippen LogP contribution is -2.53. The number of hydrogen-bond donors (Lipinski definition) is 3. The number of fused-ring (bicyclic) bond motifs is 2. The molecule has 0 bridgehead atoms. The minimum Gasteiger partial charge on any atom is -0.361 e. The molecule has 0 radical (unpaired) electrons. The molecule has 6 rings (SSSR count). The average Bonchev–Trinajstić information content (AvgIpc) is 3.50. The summed E-state index contributed by atoms with van der Waals surface area (Å²) >= 11 is 0. The number of rotatable bonds is 6. The first kappa shape index (κ1) is 32.1. The molecule has 47 heavy (non-hydrogen) atoms. The smallest absolute Gasteiger partial charge is 0.361 e. The number of para-hydroxylation sites is 1. The zero-order valence-electron chi connectivity index (χ0n) is 25.7. The monoisotopic (exact) mass is 649 g/mol. The van der Waals surface area contributed by atoms with Gasteiger partial charge in [0.05, 0.1) is 0 Å². The second-order valence-electron chi connectivity index (χ2n) is 12.3. The zero-order chi connectivity index (χ0) is 33.3. The number of anilines is 1. The number of carbonyl (C=O) groups excluding carboxylic acids is 3. The molecule has 2 aliphatic rings. The summed E-state index contributed by atoms with van der Waals surface area (Å²) < 4.78 is 52.7. The van der Waals surface area contributed by atoms with E-state index in [9.17, 15) is 31.9 Å². The van der Waals surface area contributed by atoms with E-state index >= 15 is 0 Å². The van der Waals surface area contributed by atoms with Crippen LogP contribution >= 0.6 is 0 Å². The molecule has 1 fully saturated rings. The van der Waals surface area contributed by atoms with Gasteiger partial charge in [0.25, 0.3) is 0 Å². The molecule has 3 heterocycles. The van der Waals surface area contributed by atoms with Crippen molar-refractivity contribution in [1.29, 1.82) is 0 Å². The minimum absolute atomic E-state index is 0.0472. The van der Waals surface area contributed by atoms with Gasteiger partial charge >= 0.3 is 18.1 Å². The van der Waals surface area contributed by atoms with Gasteiger partial charge in [-0.1, -0.05) is 43.3 Å². The van der Waals surface area contributed by atoms with E-state index in [4.69, 9.17) is 0 Å². The Bertz CT molecular complexity index is 1780. The van der Waals surface area contributed by atoms with Crippen LogP contribution in [-0.2, 0) is 22.6 Å². The van der Waals surface area contributed by atoms with Crippen molar-refractivity contribution in [3.05, 3.63) is 101 Å². The van der Waals surface area contributed by atoms with Gasteiger partial charge in [-0.25, -0.2) is 9.18 Å². The molecule has 2 aliphatic heterocycles. The highest BCUT2D eigenvalue weighted by atomic mass is 19.4. The van der Waals surface area contributed by atoms with Crippen LogP contribution in [0.2, 0.25) is 0 Å². The van der Waals surface area contributed by atoms with Crippen molar-refractivity contribution >= 4 is 34.4 Å². The van der Waals surface area contributed by atoms with Gasteiger partial charge in [-0.2, -0.15) is 13.2 Å². The Labute approximate surface area is 269 Å². The summed E-state index contributed by atoms with van der Waals surface area (Å²) in [4.78, 5) is 45.1. The van der Waals surface area contributed by atoms with E-state index in [2.05, 4.69) is 15.6 Å². The van der Waals surface area contributed by atoms with Gasteiger partial charge in [0.15, 0.2) is 0 Å². The number of alkyl halides is 3. The summed E-state index contributed by atoms with van der Waals surface area (Å²) in [6, 6.07) is 17.7. The first-order valence-electron chi connectivity index (χ1n) is 15.6. The van der Waals surface area contributed by atoms with Crippen LogP contribution in [0.3, 0.4) is 0 Å². The third kappa shape index (κ3) is 6.96. The van der Waals surface area contributed by atoms with E-state index in [1.807, 2.05) is 37.4 Å². The average molecular weight is 650 g/mol. The van der Waals surface area contributed by atoms with Gasteiger partial charge in [-0.3, -0.25) is 9.59 Å². The number of nitrogens with one attached hydrogen (secondary N) is 3. The number of likely N-dealkylation sites (tertiary alicyclic amines) is 1.